The molecule has 0 fully saturated rings. The number of pyridine rings is 1. The smallest absolute Gasteiger partial charge is 0.188 e. The van der Waals surface area contributed by atoms with Gasteiger partial charge in [-0.1, -0.05) is 0 Å². The van der Waals surface area contributed by atoms with Gasteiger partial charge >= 0.3 is 0 Å². The molecule has 3 nitrogen and oxygen atoms in total. The van der Waals surface area contributed by atoms with Crippen LogP contribution in [-0.4, -0.2) is 9.97 Å². The predicted octanol–water partition coefficient (Wildman–Crippen LogP) is 3.04. The molecule has 0 aromatic carbocycles. The van der Waals surface area contributed by atoms with Gasteiger partial charge in [-0.2, -0.15) is 0 Å². The Bertz CT molecular complexity index is 371. The molecule has 0 aliphatic rings. The quantitative estimate of drug-likeness (QED) is 0.897. The molecule has 0 saturated heterocycles. The fraction of sp³-hybridized carbons (Fsp3) is 0. The number of anilines is 2. The highest BCUT2D eigenvalue weighted by molar-refractivity contribution is 9.10. The number of nitrogens with one attached hydrogen (secondary N) is 1. The van der Waals surface area contributed by atoms with Crippen LogP contribution in [0.1, 0.15) is 0 Å². The third-order valence-corrected chi connectivity index (χ3v) is 2.55. The molecule has 66 valence electrons. The van der Waals surface area contributed by atoms with Crippen LogP contribution < -0.4 is 5.32 Å². The molecule has 0 amide bonds. The van der Waals surface area contributed by atoms with Crippen LogP contribution in [0, 0.1) is 0 Å². The maximum absolute atomic E-state index is 4.16. The van der Waals surface area contributed by atoms with Crippen molar-refractivity contribution in [1.82, 2.24) is 9.97 Å². The summed E-state index contributed by atoms with van der Waals surface area (Å²) in [6.45, 7) is 0. The van der Waals surface area contributed by atoms with Gasteiger partial charge in [0.1, 0.15) is 5.82 Å². The molecule has 0 aliphatic carbocycles. The minimum Gasteiger partial charge on any atom is -0.316 e. The molecular weight excluding hydrogens is 250 g/mol. The van der Waals surface area contributed by atoms with Crippen molar-refractivity contribution in [1.29, 1.82) is 0 Å². The lowest BCUT2D eigenvalue weighted by Crippen LogP contribution is -1.91. The SMILES string of the molecule is Brc1ccc(Nc2nccs2)nc1. The van der Waals surface area contributed by atoms with Crippen molar-refractivity contribution in [3.63, 3.8) is 0 Å². The number of thiazole rings is 1. The number of hydrogen-bond donors (Lipinski definition) is 1. The zero-order valence-electron chi connectivity index (χ0n) is 6.57. The first-order chi connectivity index (χ1) is 6.34. The minimum atomic E-state index is 0.804. The summed E-state index contributed by atoms with van der Waals surface area (Å²) in [5, 5.41) is 5.86. The Kier molecular flexibility index (Phi) is 2.56. The maximum atomic E-state index is 4.16. The van der Waals surface area contributed by atoms with Crippen LogP contribution in [0.3, 0.4) is 0 Å². The first-order valence-corrected chi connectivity index (χ1v) is 5.30. The van der Waals surface area contributed by atoms with Gasteiger partial charge in [0.2, 0.25) is 0 Å². The Morgan fingerprint density at radius 1 is 1.31 bits per heavy atom. The summed E-state index contributed by atoms with van der Waals surface area (Å²) < 4.78 is 0.970. The second-order valence-corrected chi connectivity index (χ2v) is 4.13. The molecule has 0 unspecified atom stereocenters. The highest BCUT2D eigenvalue weighted by Gasteiger charge is 1.96. The maximum Gasteiger partial charge on any atom is 0.188 e. The second-order valence-electron chi connectivity index (χ2n) is 2.32. The monoisotopic (exact) mass is 255 g/mol. The van der Waals surface area contributed by atoms with E-state index < -0.39 is 0 Å². The number of aromatic nitrogens is 2. The van der Waals surface area contributed by atoms with Gasteiger partial charge in [0.15, 0.2) is 5.13 Å². The van der Waals surface area contributed by atoms with Crippen LogP contribution in [-0.2, 0) is 0 Å². The summed E-state index contributed by atoms with van der Waals surface area (Å²) in [5.74, 6) is 0.804. The lowest BCUT2D eigenvalue weighted by atomic mass is 10.5. The predicted molar refractivity (Wildman–Crippen MR) is 57.3 cm³/mol. The number of nitrogens with zero attached hydrogens (tertiary/aromatic N) is 2. The van der Waals surface area contributed by atoms with E-state index in [1.807, 2.05) is 17.5 Å². The Balaban J connectivity index is 2.15. The van der Waals surface area contributed by atoms with Gasteiger partial charge in [0, 0.05) is 22.2 Å². The third-order valence-electron chi connectivity index (χ3n) is 1.39. The fourth-order valence-electron chi connectivity index (χ4n) is 0.844. The second kappa shape index (κ2) is 3.85. The van der Waals surface area contributed by atoms with Crippen molar-refractivity contribution in [2.75, 3.05) is 5.32 Å². The molecule has 2 heterocycles. The molecule has 0 bridgehead atoms. The Morgan fingerprint density at radius 2 is 2.23 bits per heavy atom. The number of rotatable bonds is 2. The van der Waals surface area contributed by atoms with Crippen molar-refractivity contribution in [3.05, 3.63) is 34.4 Å². The van der Waals surface area contributed by atoms with Gasteiger partial charge in [0.25, 0.3) is 0 Å². The van der Waals surface area contributed by atoms with Crippen molar-refractivity contribution >= 4 is 38.2 Å². The Morgan fingerprint density at radius 3 is 2.85 bits per heavy atom. The molecule has 1 N–H and O–H groups in total. The van der Waals surface area contributed by atoms with Gasteiger partial charge in [-0.3, -0.25) is 0 Å². The third kappa shape index (κ3) is 2.26. The summed E-state index contributed by atoms with van der Waals surface area (Å²) in [7, 11) is 0. The summed E-state index contributed by atoms with van der Waals surface area (Å²) >= 11 is 4.87. The van der Waals surface area contributed by atoms with Crippen LogP contribution in [0.5, 0.6) is 0 Å². The lowest BCUT2D eigenvalue weighted by molar-refractivity contribution is 1.28. The van der Waals surface area contributed by atoms with Crippen LogP contribution in [0.2, 0.25) is 0 Å². The first-order valence-electron chi connectivity index (χ1n) is 3.63. The zero-order valence-corrected chi connectivity index (χ0v) is 8.97. The fourth-order valence-corrected chi connectivity index (χ4v) is 1.61. The molecule has 13 heavy (non-hydrogen) atoms. The van der Waals surface area contributed by atoms with E-state index in [1.54, 1.807) is 23.7 Å². The van der Waals surface area contributed by atoms with Crippen LogP contribution in [0.4, 0.5) is 10.9 Å². The van der Waals surface area contributed by atoms with E-state index in [4.69, 9.17) is 0 Å². The highest BCUT2D eigenvalue weighted by Crippen LogP contribution is 2.17. The average Bonchev–Trinajstić information content (AvgIpc) is 2.62. The van der Waals surface area contributed by atoms with Crippen molar-refractivity contribution in [3.8, 4) is 0 Å². The van der Waals surface area contributed by atoms with Crippen molar-refractivity contribution < 1.29 is 0 Å². The normalized spacial score (nSPS) is 9.92. The highest BCUT2D eigenvalue weighted by atomic mass is 79.9. The lowest BCUT2D eigenvalue weighted by Gasteiger charge is -1.99. The van der Waals surface area contributed by atoms with Crippen LogP contribution in [0.25, 0.3) is 0 Å². The largest absolute Gasteiger partial charge is 0.316 e. The Hall–Kier alpha value is -0.940. The first kappa shape index (κ1) is 8.65. The van der Waals surface area contributed by atoms with Gasteiger partial charge in [0.05, 0.1) is 0 Å². The van der Waals surface area contributed by atoms with E-state index >= 15 is 0 Å². The summed E-state index contributed by atoms with van der Waals surface area (Å²) in [6.07, 6.45) is 3.50. The topological polar surface area (TPSA) is 37.8 Å². The molecule has 0 spiro atoms. The van der Waals surface area contributed by atoms with Crippen LogP contribution in [0.15, 0.2) is 34.4 Å². The van der Waals surface area contributed by atoms with E-state index in [1.165, 1.54) is 0 Å². The van der Waals surface area contributed by atoms with Crippen molar-refractivity contribution in [2.45, 2.75) is 0 Å². The van der Waals surface area contributed by atoms with Gasteiger partial charge in [-0.15, -0.1) is 11.3 Å². The minimum absolute atomic E-state index is 0.804. The molecule has 0 aliphatic heterocycles. The molecular formula is C8H6BrN3S. The average molecular weight is 256 g/mol. The van der Waals surface area contributed by atoms with Crippen molar-refractivity contribution in [2.24, 2.45) is 0 Å². The molecule has 2 rings (SSSR count). The van der Waals surface area contributed by atoms with Crippen LogP contribution >= 0.6 is 27.3 Å². The van der Waals surface area contributed by atoms with E-state index in [2.05, 4.69) is 31.2 Å². The molecule has 0 radical (unpaired) electrons. The molecule has 0 atom stereocenters. The standard InChI is InChI=1S/C8H6BrN3S/c9-6-1-2-7(11-5-6)12-8-10-3-4-13-8/h1-5H,(H,10,11,12). The number of halogens is 1. The molecule has 2 aromatic rings. The van der Waals surface area contributed by atoms with E-state index in [9.17, 15) is 0 Å². The van der Waals surface area contributed by atoms with Gasteiger partial charge in [-0.25, -0.2) is 9.97 Å². The summed E-state index contributed by atoms with van der Waals surface area (Å²) in [5.41, 5.74) is 0. The van der Waals surface area contributed by atoms with E-state index in [0.717, 1.165) is 15.4 Å². The Labute approximate surface area is 88.0 Å². The molecule has 0 saturated carbocycles. The molecule has 5 heteroatoms. The molecule has 2 aromatic heterocycles. The van der Waals surface area contributed by atoms with Gasteiger partial charge in [-0.05, 0) is 28.1 Å². The summed E-state index contributed by atoms with van der Waals surface area (Å²) in [4.78, 5) is 8.25. The summed E-state index contributed by atoms with van der Waals surface area (Å²) in [6, 6.07) is 3.83. The number of hydrogen-bond acceptors (Lipinski definition) is 4. The zero-order chi connectivity index (χ0) is 9.10. The van der Waals surface area contributed by atoms with Gasteiger partial charge < -0.3 is 5.32 Å². The van der Waals surface area contributed by atoms with E-state index in [0.29, 0.717) is 0 Å². The van der Waals surface area contributed by atoms with E-state index in [-0.39, 0.29) is 0 Å².